The highest BCUT2D eigenvalue weighted by Crippen LogP contribution is 2.17. The lowest BCUT2D eigenvalue weighted by Crippen LogP contribution is -2.46. The number of amides is 1. The number of carbonyl (C=O) groups excluding carboxylic acids is 1. The summed E-state index contributed by atoms with van der Waals surface area (Å²) in [5.74, 6) is 0.861. The van der Waals surface area contributed by atoms with Crippen LogP contribution in [-0.2, 0) is 9.53 Å². The van der Waals surface area contributed by atoms with Gasteiger partial charge >= 0.3 is 0 Å². The van der Waals surface area contributed by atoms with Gasteiger partial charge in [-0.1, -0.05) is 6.92 Å². The van der Waals surface area contributed by atoms with E-state index in [1.165, 1.54) is 12.8 Å². The van der Waals surface area contributed by atoms with E-state index in [1.807, 2.05) is 0 Å². The Morgan fingerprint density at radius 2 is 1.95 bits per heavy atom. The number of methoxy groups -OCH3 is 1. The van der Waals surface area contributed by atoms with Crippen LogP contribution in [-0.4, -0.2) is 56.2 Å². The van der Waals surface area contributed by atoms with Crippen LogP contribution in [0.2, 0.25) is 0 Å². The maximum absolute atomic E-state index is 11.7. The Bertz CT molecular complexity index is 271. The number of halogens is 2. The van der Waals surface area contributed by atoms with Crippen LogP contribution in [0.25, 0.3) is 0 Å². The molecule has 0 radical (unpaired) electrons. The monoisotopic (exact) mass is 343 g/mol. The predicted molar refractivity (Wildman–Crippen MR) is 91.4 cm³/mol. The van der Waals surface area contributed by atoms with Gasteiger partial charge in [-0.3, -0.25) is 9.69 Å². The molecule has 0 aromatic carbocycles. The highest BCUT2D eigenvalue weighted by molar-refractivity contribution is 5.85. The Labute approximate surface area is 141 Å². The second-order valence-electron chi connectivity index (χ2n) is 5.67. The SMILES string of the molecule is COC(CN)CC(=O)NCC(C)N1CCC(C)CC1.Cl.Cl. The first-order valence-electron chi connectivity index (χ1n) is 7.30. The number of nitrogens with two attached hydrogens (primary N) is 1. The first-order valence-corrected chi connectivity index (χ1v) is 7.30. The summed E-state index contributed by atoms with van der Waals surface area (Å²) in [4.78, 5) is 14.2. The van der Waals surface area contributed by atoms with E-state index in [0.717, 1.165) is 19.0 Å². The molecule has 1 fully saturated rings. The van der Waals surface area contributed by atoms with E-state index < -0.39 is 0 Å². The third-order valence-corrected chi connectivity index (χ3v) is 4.05. The van der Waals surface area contributed by atoms with Crippen LogP contribution in [0, 0.1) is 5.92 Å². The van der Waals surface area contributed by atoms with Crippen molar-refractivity contribution in [1.29, 1.82) is 0 Å². The quantitative estimate of drug-likeness (QED) is 0.733. The molecule has 5 nitrogen and oxygen atoms in total. The number of nitrogens with zero attached hydrogens (tertiary/aromatic N) is 1. The summed E-state index contributed by atoms with van der Waals surface area (Å²) >= 11 is 0. The van der Waals surface area contributed by atoms with E-state index in [9.17, 15) is 4.79 Å². The average molecular weight is 344 g/mol. The molecule has 1 aliphatic heterocycles. The molecule has 0 aromatic rings. The van der Waals surface area contributed by atoms with Gasteiger partial charge in [0.05, 0.1) is 12.5 Å². The zero-order valence-electron chi connectivity index (χ0n) is 13.3. The van der Waals surface area contributed by atoms with E-state index in [4.69, 9.17) is 10.5 Å². The summed E-state index contributed by atoms with van der Waals surface area (Å²) in [6, 6.07) is 0.398. The van der Waals surface area contributed by atoms with Gasteiger partial charge in [0.15, 0.2) is 0 Å². The molecule has 0 saturated carbocycles. The molecule has 1 saturated heterocycles. The van der Waals surface area contributed by atoms with Crippen molar-refractivity contribution in [2.75, 3.05) is 33.3 Å². The first-order chi connectivity index (χ1) is 9.06. The van der Waals surface area contributed by atoms with Crippen LogP contribution < -0.4 is 11.1 Å². The molecule has 1 aliphatic rings. The number of rotatable bonds is 7. The van der Waals surface area contributed by atoms with Crippen molar-refractivity contribution < 1.29 is 9.53 Å². The molecule has 128 valence electrons. The Hall–Kier alpha value is -0.0700. The number of likely N-dealkylation sites (tertiary alicyclic amines) is 1. The highest BCUT2D eigenvalue weighted by Gasteiger charge is 2.20. The third-order valence-electron chi connectivity index (χ3n) is 4.05. The molecule has 2 atom stereocenters. The lowest BCUT2D eigenvalue weighted by Gasteiger charge is -2.35. The van der Waals surface area contributed by atoms with Crippen molar-refractivity contribution in [3.8, 4) is 0 Å². The molecule has 0 spiro atoms. The number of hydrogen-bond donors (Lipinski definition) is 2. The van der Waals surface area contributed by atoms with Gasteiger partial charge in [0.2, 0.25) is 5.91 Å². The fourth-order valence-corrected chi connectivity index (χ4v) is 2.40. The van der Waals surface area contributed by atoms with E-state index in [2.05, 4.69) is 24.1 Å². The maximum atomic E-state index is 11.7. The van der Waals surface area contributed by atoms with Crippen molar-refractivity contribution in [2.24, 2.45) is 11.7 Å². The van der Waals surface area contributed by atoms with Crippen molar-refractivity contribution in [3.63, 3.8) is 0 Å². The van der Waals surface area contributed by atoms with Crippen LogP contribution in [0.4, 0.5) is 0 Å². The molecule has 0 bridgehead atoms. The average Bonchev–Trinajstić information content (AvgIpc) is 2.43. The lowest BCUT2D eigenvalue weighted by molar-refractivity contribution is -0.123. The van der Waals surface area contributed by atoms with Gasteiger partial charge in [-0.05, 0) is 38.8 Å². The molecule has 0 aromatic heterocycles. The first kappa shape index (κ1) is 23.2. The minimum atomic E-state index is -0.175. The topological polar surface area (TPSA) is 67.6 Å². The largest absolute Gasteiger partial charge is 0.380 e. The van der Waals surface area contributed by atoms with Gasteiger partial charge in [0.1, 0.15) is 0 Å². The fourth-order valence-electron chi connectivity index (χ4n) is 2.40. The maximum Gasteiger partial charge on any atom is 0.222 e. The summed E-state index contributed by atoms with van der Waals surface area (Å²) in [5.41, 5.74) is 5.50. The molecule has 21 heavy (non-hydrogen) atoms. The van der Waals surface area contributed by atoms with Crippen LogP contribution >= 0.6 is 24.8 Å². The normalized spacial score (nSPS) is 19.0. The van der Waals surface area contributed by atoms with E-state index in [0.29, 0.717) is 25.6 Å². The smallest absolute Gasteiger partial charge is 0.222 e. The number of hydrogen-bond acceptors (Lipinski definition) is 4. The van der Waals surface area contributed by atoms with Gasteiger partial charge in [-0.25, -0.2) is 0 Å². The minimum Gasteiger partial charge on any atom is -0.380 e. The van der Waals surface area contributed by atoms with Gasteiger partial charge in [-0.2, -0.15) is 0 Å². The van der Waals surface area contributed by atoms with Crippen LogP contribution in [0.1, 0.15) is 33.1 Å². The zero-order chi connectivity index (χ0) is 14.3. The van der Waals surface area contributed by atoms with Gasteiger partial charge < -0.3 is 15.8 Å². The van der Waals surface area contributed by atoms with E-state index >= 15 is 0 Å². The van der Waals surface area contributed by atoms with E-state index in [1.54, 1.807) is 7.11 Å². The van der Waals surface area contributed by atoms with Crippen LogP contribution in [0.15, 0.2) is 0 Å². The summed E-state index contributed by atoms with van der Waals surface area (Å²) in [5, 5.41) is 2.97. The second-order valence-corrected chi connectivity index (χ2v) is 5.67. The molecular weight excluding hydrogens is 313 g/mol. The van der Waals surface area contributed by atoms with Gasteiger partial charge in [-0.15, -0.1) is 24.8 Å². The molecule has 0 aliphatic carbocycles. The van der Waals surface area contributed by atoms with E-state index in [-0.39, 0.29) is 36.8 Å². The summed E-state index contributed by atoms with van der Waals surface area (Å²) in [7, 11) is 1.59. The lowest BCUT2D eigenvalue weighted by atomic mass is 9.98. The van der Waals surface area contributed by atoms with Crippen molar-refractivity contribution in [3.05, 3.63) is 0 Å². The highest BCUT2D eigenvalue weighted by atomic mass is 35.5. The fraction of sp³-hybridized carbons (Fsp3) is 0.929. The number of piperidine rings is 1. The Morgan fingerprint density at radius 3 is 2.43 bits per heavy atom. The Morgan fingerprint density at radius 1 is 1.38 bits per heavy atom. The number of nitrogens with one attached hydrogen (secondary N) is 1. The van der Waals surface area contributed by atoms with Crippen LogP contribution in [0.3, 0.4) is 0 Å². The third kappa shape index (κ3) is 8.83. The molecule has 3 N–H and O–H groups in total. The second kappa shape index (κ2) is 12.5. The predicted octanol–water partition coefficient (Wildman–Crippen LogP) is 1.43. The molecule has 1 amide bonds. The molecule has 1 rings (SSSR count). The summed E-state index contributed by atoms with van der Waals surface area (Å²) in [6.45, 7) is 7.84. The zero-order valence-corrected chi connectivity index (χ0v) is 15.0. The summed E-state index contributed by atoms with van der Waals surface area (Å²) in [6.07, 6.45) is 2.69. The van der Waals surface area contributed by atoms with Crippen LogP contribution in [0.5, 0.6) is 0 Å². The molecular formula is C14H31Cl2N3O2. The van der Waals surface area contributed by atoms with Gasteiger partial charge in [0.25, 0.3) is 0 Å². The van der Waals surface area contributed by atoms with Crippen molar-refractivity contribution in [2.45, 2.75) is 45.3 Å². The minimum absolute atomic E-state index is 0. The Balaban J connectivity index is 0. The molecule has 2 unspecified atom stereocenters. The molecule has 7 heteroatoms. The number of ether oxygens (including phenoxy) is 1. The van der Waals surface area contributed by atoms with Crippen molar-refractivity contribution >= 4 is 30.7 Å². The Kier molecular flexibility index (Phi) is 13.8. The number of carbonyl (C=O) groups is 1. The van der Waals surface area contributed by atoms with Gasteiger partial charge in [0, 0.05) is 26.2 Å². The standard InChI is InChI=1S/C14H29N3O2.2ClH/c1-11-4-6-17(7-5-11)12(2)10-16-14(18)8-13(9-15)19-3;;/h11-13H,4-10,15H2,1-3H3,(H,16,18);2*1H. The van der Waals surface area contributed by atoms with Crippen molar-refractivity contribution in [1.82, 2.24) is 10.2 Å². The summed E-state index contributed by atoms with van der Waals surface area (Å²) < 4.78 is 5.11. The molecule has 1 heterocycles.